The van der Waals surface area contributed by atoms with E-state index in [1.165, 1.54) is 0 Å². The smallest absolute Gasteiger partial charge is 0.407 e. The van der Waals surface area contributed by atoms with Crippen LogP contribution in [-0.2, 0) is 4.74 Å². The summed E-state index contributed by atoms with van der Waals surface area (Å²) in [4.78, 5) is 11.5. The van der Waals surface area contributed by atoms with Crippen molar-refractivity contribution in [1.82, 2.24) is 16.0 Å². The quantitative estimate of drug-likeness (QED) is 0.496. The van der Waals surface area contributed by atoms with Crippen molar-refractivity contribution in [2.75, 3.05) is 26.2 Å². The molecule has 0 bridgehead atoms. The molecule has 1 saturated heterocycles. The van der Waals surface area contributed by atoms with Gasteiger partial charge in [0.15, 0.2) is 0 Å². The molecule has 21 heavy (non-hydrogen) atoms. The van der Waals surface area contributed by atoms with E-state index >= 15 is 0 Å². The van der Waals surface area contributed by atoms with Crippen LogP contribution in [0.5, 0.6) is 0 Å². The maximum atomic E-state index is 11.5. The average Bonchev–Trinajstić information content (AvgIpc) is 2.69. The Morgan fingerprint density at radius 3 is 2.76 bits per heavy atom. The summed E-state index contributed by atoms with van der Waals surface area (Å²) >= 11 is 0. The molecule has 1 amide bonds. The van der Waals surface area contributed by atoms with E-state index in [1.54, 1.807) is 0 Å². The molecule has 1 fully saturated rings. The van der Waals surface area contributed by atoms with Crippen molar-refractivity contribution in [2.45, 2.75) is 45.8 Å². The lowest BCUT2D eigenvalue weighted by Gasteiger charge is -2.21. The van der Waals surface area contributed by atoms with Crippen LogP contribution in [0.4, 0.5) is 4.79 Å². The second-order valence-corrected chi connectivity index (χ2v) is 6.78. The molecule has 0 saturated carbocycles. The third-order valence-corrected chi connectivity index (χ3v) is 3.77. The van der Waals surface area contributed by atoms with Crippen molar-refractivity contribution in [2.24, 2.45) is 11.8 Å². The van der Waals surface area contributed by atoms with Crippen molar-refractivity contribution < 1.29 is 9.53 Å². The van der Waals surface area contributed by atoms with Gasteiger partial charge in [-0.15, -0.1) is 6.58 Å². The van der Waals surface area contributed by atoms with Crippen molar-refractivity contribution in [3.8, 4) is 0 Å². The SMILES string of the molecule is C=CC[C@@H]1[C@@H](CNCCNC(=O)OC(C)(C)C)CN[C@@H]1C. The van der Waals surface area contributed by atoms with Crippen LogP contribution in [0.1, 0.15) is 34.1 Å². The summed E-state index contributed by atoms with van der Waals surface area (Å²) < 4.78 is 5.18. The Kier molecular flexibility index (Phi) is 7.18. The summed E-state index contributed by atoms with van der Waals surface area (Å²) in [6.07, 6.45) is 2.70. The first-order valence-corrected chi connectivity index (χ1v) is 7.85. The second-order valence-electron chi connectivity index (χ2n) is 6.78. The first-order chi connectivity index (χ1) is 9.83. The number of nitrogens with one attached hydrogen (secondary N) is 3. The van der Waals surface area contributed by atoms with Crippen LogP contribution < -0.4 is 16.0 Å². The van der Waals surface area contributed by atoms with Crippen molar-refractivity contribution in [1.29, 1.82) is 0 Å². The molecule has 0 aromatic rings. The minimum atomic E-state index is -0.443. The van der Waals surface area contributed by atoms with Gasteiger partial charge < -0.3 is 20.7 Å². The molecular weight excluding hydrogens is 266 g/mol. The number of amides is 1. The number of rotatable bonds is 7. The minimum absolute atomic E-state index is 0.356. The van der Waals surface area contributed by atoms with Gasteiger partial charge in [0.1, 0.15) is 5.60 Å². The van der Waals surface area contributed by atoms with E-state index in [9.17, 15) is 4.79 Å². The van der Waals surface area contributed by atoms with Crippen LogP contribution in [-0.4, -0.2) is 43.9 Å². The summed E-state index contributed by atoms with van der Waals surface area (Å²) in [6.45, 7) is 15.0. The van der Waals surface area contributed by atoms with Gasteiger partial charge in [0.05, 0.1) is 0 Å². The van der Waals surface area contributed by atoms with Gasteiger partial charge in [-0.1, -0.05) is 6.08 Å². The zero-order valence-electron chi connectivity index (χ0n) is 13.9. The first-order valence-electron chi connectivity index (χ1n) is 7.85. The summed E-state index contributed by atoms with van der Waals surface area (Å²) in [6, 6.07) is 0.551. The van der Waals surface area contributed by atoms with Crippen LogP contribution in [0.2, 0.25) is 0 Å². The highest BCUT2D eigenvalue weighted by atomic mass is 16.6. The van der Waals surface area contributed by atoms with Gasteiger partial charge in [-0.25, -0.2) is 4.79 Å². The molecule has 0 unspecified atom stereocenters. The third kappa shape index (κ3) is 6.96. The number of hydrogen-bond acceptors (Lipinski definition) is 4. The Morgan fingerprint density at radius 2 is 2.14 bits per heavy atom. The minimum Gasteiger partial charge on any atom is -0.444 e. The third-order valence-electron chi connectivity index (χ3n) is 3.77. The van der Waals surface area contributed by atoms with E-state index in [0.29, 0.717) is 24.4 Å². The maximum absolute atomic E-state index is 11.5. The number of carbonyl (C=O) groups excluding carboxylic acids is 1. The van der Waals surface area contributed by atoms with Gasteiger partial charge in [-0.2, -0.15) is 0 Å². The Labute approximate surface area is 128 Å². The standard InChI is InChI=1S/C16H31N3O2/c1-6-7-14-12(2)19-11-13(14)10-17-8-9-18-15(20)21-16(3,4)5/h6,12-14,17,19H,1,7-11H2,2-5H3,(H,18,20)/t12-,13+,14+/m1/s1. The summed E-state index contributed by atoms with van der Waals surface area (Å²) in [5.41, 5.74) is -0.443. The first kappa shape index (κ1) is 18.0. The molecular formula is C16H31N3O2. The Morgan fingerprint density at radius 1 is 1.43 bits per heavy atom. The Hall–Kier alpha value is -1.07. The van der Waals surface area contributed by atoms with Gasteiger partial charge in [0.25, 0.3) is 0 Å². The van der Waals surface area contributed by atoms with E-state index in [-0.39, 0.29) is 6.09 Å². The largest absolute Gasteiger partial charge is 0.444 e. The number of hydrogen-bond donors (Lipinski definition) is 3. The van der Waals surface area contributed by atoms with E-state index < -0.39 is 5.60 Å². The maximum Gasteiger partial charge on any atom is 0.407 e. The van der Waals surface area contributed by atoms with Crippen molar-refractivity contribution >= 4 is 6.09 Å². The predicted molar refractivity (Wildman–Crippen MR) is 86.4 cm³/mol. The molecule has 122 valence electrons. The summed E-state index contributed by atoms with van der Waals surface area (Å²) in [5.74, 6) is 1.27. The van der Waals surface area contributed by atoms with Crippen molar-refractivity contribution in [3.63, 3.8) is 0 Å². The van der Waals surface area contributed by atoms with Gasteiger partial charge in [0, 0.05) is 19.1 Å². The van der Waals surface area contributed by atoms with Crippen molar-refractivity contribution in [3.05, 3.63) is 12.7 Å². The number of ether oxygens (including phenoxy) is 1. The van der Waals surface area contributed by atoms with E-state index in [2.05, 4.69) is 29.5 Å². The lowest BCUT2D eigenvalue weighted by molar-refractivity contribution is 0.0528. The molecule has 1 aliphatic rings. The molecule has 5 heteroatoms. The van der Waals surface area contributed by atoms with Crippen LogP contribution in [0, 0.1) is 11.8 Å². The van der Waals surface area contributed by atoms with Gasteiger partial charge in [-0.05, 0) is 59.0 Å². The van der Waals surface area contributed by atoms with E-state index in [0.717, 1.165) is 26.1 Å². The molecule has 0 aromatic heterocycles. The number of allylic oxidation sites excluding steroid dienone is 1. The normalized spacial score (nSPS) is 25.6. The molecule has 3 N–H and O–H groups in total. The number of carbonyl (C=O) groups is 1. The Bertz CT molecular complexity index is 339. The monoisotopic (exact) mass is 297 g/mol. The lowest BCUT2D eigenvalue weighted by atomic mass is 9.88. The zero-order chi connectivity index (χ0) is 15.9. The molecule has 0 aromatic carbocycles. The molecule has 0 aliphatic carbocycles. The van der Waals surface area contributed by atoms with Gasteiger partial charge in [0.2, 0.25) is 0 Å². The van der Waals surface area contributed by atoms with Crippen LogP contribution >= 0.6 is 0 Å². The van der Waals surface area contributed by atoms with Gasteiger partial charge in [-0.3, -0.25) is 0 Å². The molecule has 1 heterocycles. The van der Waals surface area contributed by atoms with Crippen LogP contribution in [0.3, 0.4) is 0 Å². The number of alkyl carbamates (subject to hydrolysis) is 1. The average molecular weight is 297 g/mol. The second kappa shape index (κ2) is 8.39. The summed E-state index contributed by atoms with van der Waals surface area (Å²) in [7, 11) is 0. The van der Waals surface area contributed by atoms with E-state index in [1.807, 2.05) is 26.8 Å². The highest BCUT2D eigenvalue weighted by Crippen LogP contribution is 2.25. The predicted octanol–water partition coefficient (Wildman–Crippen LogP) is 1.90. The molecule has 1 rings (SSSR count). The zero-order valence-corrected chi connectivity index (χ0v) is 13.9. The molecule has 0 radical (unpaired) electrons. The van der Waals surface area contributed by atoms with Crippen LogP contribution in [0.25, 0.3) is 0 Å². The van der Waals surface area contributed by atoms with E-state index in [4.69, 9.17) is 4.74 Å². The molecule has 0 spiro atoms. The summed E-state index contributed by atoms with van der Waals surface area (Å²) in [5, 5.41) is 9.68. The topological polar surface area (TPSA) is 62.4 Å². The molecule has 1 aliphatic heterocycles. The molecule has 3 atom stereocenters. The highest BCUT2D eigenvalue weighted by Gasteiger charge is 2.31. The fraction of sp³-hybridized carbons (Fsp3) is 0.812. The fourth-order valence-corrected chi connectivity index (χ4v) is 2.72. The van der Waals surface area contributed by atoms with Crippen LogP contribution in [0.15, 0.2) is 12.7 Å². The highest BCUT2D eigenvalue weighted by molar-refractivity contribution is 5.67. The molecule has 5 nitrogen and oxygen atoms in total. The Balaban J connectivity index is 2.14. The van der Waals surface area contributed by atoms with Gasteiger partial charge >= 0.3 is 6.09 Å². The fourth-order valence-electron chi connectivity index (χ4n) is 2.72. The lowest BCUT2D eigenvalue weighted by Crippen LogP contribution is -2.38.